The van der Waals surface area contributed by atoms with Crippen LogP contribution in [0.3, 0.4) is 0 Å². The van der Waals surface area contributed by atoms with Crippen LogP contribution in [0.4, 0.5) is 0 Å². The third kappa shape index (κ3) is 2.95. The lowest BCUT2D eigenvalue weighted by Gasteiger charge is -2.44. The number of sulfonamides is 1. The Kier molecular flexibility index (Phi) is 4.49. The van der Waals surface area contributed by atoms with Gasteiger partial charge in [0.1, 0.15) is 5.54 Å². The van der Waals surface area contributed by atoms with Crippen LogP contribution in [-0.4, -0.2) is 60.3 Å². The summed E-state index contributed by atoms with van der Waals surface area (Å²) in [5.74, 6) is -1.75. The van der Waals surface area contributed by atoms with E-state index in [1.807, 2.05) is 18.2 Å². The average Bonchev–Trinajstić information content (AvgIpc) is 2.58. The summed E-state index contributed by atoms with van der Waals surface area (Å²) >= 11 is 0. The normalized spacial score (nSPS) is 21.9. The Bertz CT molecular complexity index is 988. The van der Waals surface area contributed by atoms with Crippen LogP contribution < -0.4 is 0 Å². The predicted octanol–water partition coefficient (Wildman–Crippen LogP) is 1.54. The van der Waals surface area contributed by atoms with E-state index in [1.54, 1.807) is 25.2 Å². The molecule has 0 aromatic heterocycles. The van der Waals surface area contributed by atoms with E-state index in [2.05, 4.69) is 0 Å². The second-order valence-electron chi connectivity index (χ2n) is 6.66. The summed E-state index contributed by atoms with van der Waals surface area (Å²) in [6, 6.07) is 12.1. The number of benzene rings is 2. The minimum atomic E-state index is -4.04. The first kappa shape index (κ1) is 18.3. The number of aliphatic carboxylic acids is 1. The number of likely N-dealkylation sites (N-methyl/N-ethyl adjacent to an activating group) is 1. The molecule has 1 atom stereocenters. The third-order valence-corrected chi connectivity index (χ3v) is 6.82. The second-order valence-corrected chi connectivity index (χ2v) is 8.52. The Morgan fingerprint density at radius 2 is 1.81 bits per heavy atom. The lowest BCUT2D eigenvalue weighted by molar-refractivity contribution is -0.151. The van der Waals surface area contributed by atoms with Crippen LogP contribution in [0.25, 0.3) is 10.8 Å². The zero-order valence-corrected chi connectivity index (χ0v) is 15.4. The number of carboxylic acid groups (broad SMARTS) is 1. The summed E-state index contributed by atoms with van der Waals surface area (Å²) in [5.41, 5.74) is -1.66. The molecule has 1 amide bonds. The highest BCUT2D eigenvalue weighted by Gasteiger charge is 2.51. The maximum absolute atomic E-state index is 13.2. The van der Waals surface area contributed by atoms with Crippen molar-refractivity contribution in [2.75, 3.05) is 20.1 Å². The Labute approximate surface area is 151 Å². The Morgan fingerprint density at radius 3 is 2.46 bits per heavy atom. The van der Waals surface area contributed by atoms with E-state index < -0.39 is 33.9 Å². The van der Waals surface area contributed by atoms with Crippen molar-refractivity contribution in [2.45, 2.75) is 23.8 Å². The summed E-state index contributed by atoms with van der Waals surface area (Å²) in [6.07, 6.45) is -0.594. The monoisotopic (exact) mass is 376 g/mol. The molecule has 7 nitrogen and oxygen atoms in total. The standard InChI is InChI=1S/C18H20N2O5S/c1-18(12-16(21)22)17(23)19(2)9-10-20(18)26(24,25)15-8-7-13-5-3-4-6-14(13)11-15/h3-8,11H,9-10,12H2,1-2H3,(H,21,22)/t18-/m0/s1. The predicted molar refractivity (Wildman–Crippen MR) is 96.1 cm³/mol. The van der Waals surface area contributed by atoms with Gasteiger partial charge in [0.25, 0.3) is 0 Å². The van der Waals surface area contributed by atoms with Gasteiger partial charge in [-0.25, -0.2) is 8.42 Å². The fourth-order valence-corrected chi connectivity index (χ4v) is 5.17. The number of carbonyl (C=O) groups excluding carboxylic acids is 1. The van der Waals surface area contributed by atoms with Gasteiger partial charge in [0, 0.05) is 20.1 Å². The summed E-state index contributed by atoms with van der Waals surface area (Å²) < 4.78 is 27.5. The molecule has 2 aromatic rings. The van der Waals surface area contributed by atoms with Crippen LogP contribution in [0, 0.1) is 0 Å². The van der Waals surface area contributed by atoms with Gasteiger partial charge in [-0.15, -0.1) is 0 Å². The quantitative estimate of drug-likeness (QED) is 0.873. The first-order valence-corrected chi connectivity index (χ1v) is 9.59. The Balaban J connectivity index is 2.10. The van der Waals surface area contributed by atoms with Crippen LogP contribution in [0.5, 0.6) is 0 Å². The molecule has 1 fully saturated rings. The van der Waals surface area contributed by atoms with Crippen molar-refractivity contribution in [1.29, 1.82) is 0 Å². The number of amides is 1. The largest absolute Gasteiger partial charge is 0.481 e. The highest BCUT2D eigenvalue weighted by molar-refractivity contribution is 7.89. The average molecular weight is 376 g/mol. The molecule has 0 radical (unpaired) electrons. The van der Waals surface area contributed by atoms with Crippen LogP contribution in [0.15, 0.2) is 47.4 Å². The van der Waals surface area contributed by atoms with Gasteiger partial charge in [0.05, 0.1) is 11.3 Å². The molecule has 26 heavy (non-hydrogen) atoms. The number of piperazine rings is 1. The molecule has 138 valence electrons. The Morgan fingerprint density at radius 1 is 1.15 bits per heavy atom. The molecule has 0 bridgehead atoms. The van der Waals surface area contributed by atoms with E-state index in [4.69, 9.17) is 0 Å². The first-order valence-electron chi connectivity index (χ1n) is 8.15. The number of carboxylic acids is 1. The summed E-state index contributed by atoms with van der Waals surface area (Å²) in [7, 11) is -2.50. The van der Waals surface area contributed by atoms with Crippen molar-refractivity contribution in [3.63, 3.8) is 0 Å². The third-order valence-electron chi connectivity index (χ3n) is 4.80. The van der Waals surface area contributed by atoms with Crippen LogP contribution in [0.2, 0.25) is 0 Å². The smallest absolute Gasteiger partial charge is 0.305 e. The SMILES string of the molecule is CN1CCN(S(=O)(=O)c2ccc3ccccc3c2)[C@@](C)(CC(=O)O)C1=O. The fraction of sp³-hybridized carbons (Fsp3) is 0.333. The number of hydrogen-bond acceptors (Lipinski definition) is 4. The summed E-state index contributed by atoms with van der Waals surface area (Å²) in [6.45, 7) is 1.62. The Hall–Kier alpha value is -2.45. The van der Waals surface area contributed by atoms with Crippen LogP contribution in [-0.2, 0) is 19.6 Å². The van der Waals surface area contributed by atoms with E-state index in [0.29, 0.717) is 0 Å². The molecular formula is C18H20N2O5S. The molecule has 1 aliphatic heterocycles. The van der Waals surface area contributed by atoms with Crippen molar-refractivity contribution >= 4 is 32.7 Å². The number of fused-ring (bicyclic) bond motifs is 1. The summed E-state index contributed by atoms with van der Waals surface area (Å²) in [4.78, 5) is 25.4. The van der Waals surface area contributed by atoms with Gasteiger partial charge < -0.3 is 10.0 Å². The van der Waals surface area contributed by atoms with Crippen molar-refractivity contribution < 1.29 is 23.1 Å². The van der Waals surface area contributed by atoms with Crippen molar-refractivity contribution in [3.8, 4) is 0 Å². The zero-order valence-electron chi connectivity index (χ0n) is 14.5. The van der Waals surface area contributed by atoms with E-state index in [0.717, 1.165) is 15.1 Å². The van der Waals surface area contributed by atoms with Crippen LogP contribution >= 0.6 is 0 Å². The maximum Gasteiger partial charge on any atom is 0.305 e. The summed E-state index contributed by atoms with van der Waals surface area (Å²) in [5, 5.41) is 10.9. The maximum atomic E-state index is 13.2. The molecule has 0 spiro atoms. The van der Waals surface area contributed by atoms with Crippen LogP contribution in [0.1, 0.15) is 13.3 Å². The van der Waals surface area contributed by atoms with Crippen molar-refractivity contribution in [1.82, 2.24) is 9.21 Å². The highest BCUT2D eigenvalue weighted by Crippen LogP contribution is 2.33. The number of carbonyl (C=O) groups is 2. The number of rotatable bonds is 4. The second kappa shape index (κ2) is 6.37. The van der Waals surface area contributed by atoms with Gasteiger partial charge in [0.15, 0.2) is 0 Å². The molecule has 0 aliphatic carbocycles. The van der Waals surface area contributed by atoms with Gasteiger partial charge in [0.2, 0.25) is 15.9 Å². The highest BCUT2D eigenvalue weighted by atomic mass is 32.2. The molecule has 1 N–H and O–H groups in total. The first-order chi connectivity index (χ1) is 12.2. The molecule has 0 saturated carbocycles. The molecule has 2 aromatic carbocycles. The molecule has 3 rings (SSSR count). The number of nitrogens with zero attached hydrogens (tertiary/aromatic N) is 2. The topological polar surface area (TPSA) is 95.0 Å². The van der Waals surface area contributed by atoms with E-state index in [1.165, 1.54) is 17.9 Å². The molecule has 1 aliphatic rings. The van der Waals surface area contributed by atoms with Gasteiger partial charge in [-0.1, -0.05) is 30.3 Å². The molecule has 1 heterocycles. The minimum absolute atomic E-state index is 0.0428. The van der Waals surface area contributed by atoms with Crippen molar-refractivity contribution in [3.05, 3.63) is 42.5 Å². The van der Waals surface area contributed by atoms with Gasteiger partial charge in [-0.3, -0.25) is 9.59 Å². The van der Waals surface area contributed by atoms with Crippen molar-refractivity contribution in [2.24, 2.45) is 0 Å². The van der Waals surface area contributed by atoms with Gasteiger partial charge in [-0.05, 0) is 29.8 Å². The molecular weight excluding hydrogens is 356 g/mol. The molecule has 8 heteroatoms. The fourth-order valence-electron chi connectivity index (χ4n) is 3.41. The lowest BCUT2D eigenvalue weighted by Crippen LogP contribution is -2.65. The lowest BCUT2D eigenvalue weighted by atomic mass is 9.94. The van der Waals surface area contributed by atoms with Gasteiger partial charge in [-0.2, -0.15) is 4.31 Å². The zero-order chi connectivity index (χ0) is 19.1. The molecule has 1 saturated heterocycles. The van der Waals surface area contributed by atoms with E-state index in [9.17, 15) is 23.1 Å². The molecule has 0 unspecified atom stereocenters. The minimum Gasteiger partial charge on any atom is -0.481 e. The van der Waals surface area contributed by atoms with Gasteiger partial charge >= 0.3 is 5.97 Å². The number of hydrogen-bond donors (Lipinski definition) is 1. The van der Waals surface area contributed by atoms with E-state index in [-0.39, 0.29) is 18.0 Å². The van der Waals surface area contributed by atoms with E-state index >= 15 is 0 Å².